The van der Waals surface area contributed by atoms with Crippen molar-refractivity contribution < 1.29 is 22.7 Å². The molecule has 44 heavy (non-hydrogen) atoms. The first kappa shape index (κ1) is 30.0. The lowest BCUT2D eigenvalue weighted by Crippen LogP contribution is -2.22. The van der Waals surface area contributed by atoms with Gasteiger partial charge in [0, 0.05) is 22.8 Å². The number of hydrogen-bond donors (Lipinski definition) is 1. The molecule has 0 unspecified atom stereocenters. The Labute approximate surface area is 253 Å². The monoisotopic (exact) mass is 615 g/mol. The summed E-state index contributed by atoms with van der Waals surface area (Å²) in [4.78, 5) is 21.8. The first-order valence-corrected chi connectivity index (χ1v) is 14.0. The molecule has 5 aromatic rings. The molecule has 2 amide bonds. The fourth-order valence-electron chi connectivity index (χ4n) is 4.45. The minimum absolute atomic E-state index is 0.213. The number of hydrogen-bond acceptors (Lipinski definition) is 6. The largest absolute Gasteiger partial charge is 0.573 e. The van der Waals surface area contributed by atoms with Crippen LogP contribution in [0, 0.1) is 32.1 Å². The molecule has 0 saturated carbocycles. The Bertz CT molecular complexity index is 1940. The number of urea groups is 1. The molecule has 2 heterocycles. The number of carbonyl (C=O) groups is 1. The molecule has 1 N–H and O–H groups in total. The van der Waals surface area contributed by atoms with E-state index >= 15 is 0 Å². The van der Waals surface area contributed by atoms with Gasteiger partial charge in [-0.1, -0.05) is 42.5 Å². The Hall–Kier alpha value is -5.48. The molecule has 2 aromatic heterocycles. The fraction of sp³-hybridized carbons (Fsp3) is 0.129. The summed E-state index contributed by atoms with van der Waals surface area (Å²) < 4.78 is 44.5. The van der Waals surface area contributed by atoms with E-state index in [0.717, 1.165) is 22.5 Å². The molecule has 0 aliphatic carbocycles. The lowest BCUT2D eigenvalue weighted by molar-refractivity contribution is -0.274. The predicted octanol–water partition coefficient (Wildman–Crippen LogP) is 6.79. The van der Waals surface area contributed by atoms with Crippen LogP contribution in [0.5, 0.6) is 5.75 Å². The second kappa shape index (κ2) is 12.4. The molecule has 0 aliphatic heterocycles. The third kappa shape index (κ3) is 6.77. The second-order valence-electron chi connectivity index (χ2n) is 9.60. The van der Waals surface area contributed by atoms with Gasteiger partial charge in [-0.2, -0.15) is 10.3 Å². The third-order valence-electron chi connectivity index (χ3n) is 6.48. The van der Waals surface area contributed by atoms with Crippen LogP contribution in [0.4, 0.5) is 18.0 Å². The van der Waals surface area contributed by atoms with Crippen molar-refractivity contribution in [2.24, 2.45) is 4.99 Å². The van der Waals surface area contributed by atoms with E-state index in [9.17, 15) is 23.2 Å². The molecule has 9 nitrogen and oxygen atoms in total. The number of alkyl halides is 3. The Morgan fingerprint density at radius 3 is 2.36 bits per heavy atom. The number of para-hydroxylation sites is 1. The van der Waals surface area contributed by atoms with E-state index in [4.69, 9.17) is 0 Å². The summed E-state index contributed by atoms with van der Waals surface area (Å²) in [6.07, 6.45) is -2.03. The van der Waals surface area contributed by atoms with Crippen molar-refractivity contribution in [1.29, 1.82) is 5.26 Å². The highest BCUT2D eigenvalue weighted by molar-refractivity contribution is 7.07. The fourth-order valence-corrected chi connectivity index (χ4v) is 5.31. The lowest BCUT2D eigenvalue weighted by Gasteiger charge is -2.12. The van der Waals surface area contributed by atoms with Crippen LogP contribution >= 0.6 is 11.3 Å². The number of ether oxygens (including phenoxy) is 1. The Morgan fingerprint density at radius 2 is 1.73 bits per heavy atom. The van der Waals surface area contributed by atoms with Crippen molar-refractivity contribution in [1.82, 2.24) is 24.6 Å². The van der Waals surface area contributed by atoms with Gasteiger partial charge in [0.25, 0.3) is 0 Å². The van der Waals surface area contributed by atoms with Crippen molar-refractivity contribution >= 4 is 22.9 Å². The van der Waals surface area contributed by atoms with Gasteiger partial charge in [-0.15, -0.1) is 29.6 Å². The SMILES string of the molecule is Cc1cccc(C)c1-n1c(C)csc1=NC(=O)N/C=C(\C#N)c1ccc(-c2ncn(-c3ccc(OC(F)(F)F)cc3)n2)cc1. The number of halogens is 3. The first-order valence-electron chi connectivity index (χ1n) is 13.1. The predicted molar refractivity (Wildman–Crippen MR) is 159 cm³/mol. The summed E-state index contributed by atoms with van der Waals surface area (Å²) >= 11 is 1.34. The van der Waals surface area contributed by atoms with Gasteiger partial charge in [-0.3, -0.25) is 4.57 Å². The molecule has 222 valence electrons. The van der Waals surface area contributed by atoms with Crippen LogP contribution in [0.2, 0.25) is 0 Å². The van der Waals surface area contributed by atoms with Crippen molar-refractivity contribution in [3.63, 3.8) is 0 Å². The van der Waals surface area contributed by atoms with Gasteiger partial charge in [0.1, 0.15) is 18.1 Å². The highest BCUT2D eigenvalue weighted by Crippen LogP contribution is 2.25. The van der Waals surface area contributed by atoms with Crippen LogP contribution in [0.15, 0.2) is 89.6 Å². The molecule has 13 heteroatoms. The average molecular weight is 616 g/mol. The summed E-state index contributed by atoms with van der Waals surface area (Å²) in [6, 6.07) is 19.5. The molecule has 0 aliphatic rings. The smallest absolute Gasteiger partial charge is 0.406 e. The quantitative estimate of drug-likeness (QED) is 0.212. The topological polar surface area (TPSA) is 110 Å². The summed E-state index contributed by atoms with van der Waals surface area (Å²) in [7, 11) is 0. The molecule has 0 spiro atoms. The van der Waals surface area contributed by atoms with Crippen molar-refractivity contribution in [2.75, 3.05) is 0 Å². The van der Waals surface area contributed by atoms with E-state index in [0.29, 0.717) is 27.4 Å². The number of rotatable bonds is 6. The molecular weight excluding hydrogens is 591 g/mol. The Kier molecular flexibility index (Phi) is 8.45. The average Bonchev–Trinajstić information content (AvgIpc) is 3.61. The standard InChI is InChI=1S/C31H24F3N7O2S/c1-19-5-4-6-20(2)27(19)41-21(3)17-44-30(41)38-29(42)36-16-24(15-35)22-7-9-23(10-8-22)28-37-18-40(39-28)25-11-13-26(14-12-25)43-31(32,33)34/h4-14,16-18H,1-3H3,(H,36,42)/b24-16+,38-30?. The van der Waals surface area contributed by atoms with E-state index in [-0.39, 0.29) is 11.3 Å². The number of carbonyl (C=O) groups excluding carboxylic acids is 1. The summed E-state index contributed by atoms with van der Waals surface area (Å²) in [6.45, 7) is 5.96. The van der Waals surface area contributed by atoms with Gasteiger partial charge in [0.05, 0.1) is 16.9 Å². The molecule has 3 aromatic carbocycles. The Morgan fingerprint density at radius 1 is 1.05 bits per heavy atom. The van der Waals surface area contributed by atoms with Crippen molar-refractivity contribution in [3.05, 3.63) is 112 Å². The number of nitrogens with one attached hydrogen (secondary N) is 1. The summed E-state index contributed by atoms with van der Waals surface area (Å²) in [5.74, 6) is 0.0243. The van der Waals surface area contributed by atoms with E-state index in [1.807, 2.05) is 48.9 Å². The number of aromatic nitrogens is 4. The number of nitriles is 1. The van der Waals surface area contributed by atoms with Gasteiger partial charge in [-0.05, 0) is 61.7 Å². The molecule has 0 radical (unpaired) electrons. The number of amides is 2. The van der Waals surface area contributed by atoms with Gasteiger partial charge in [-0.25, -0.2) is 14.5 Å². The minimum Gasteiger partial charge on any atom is -0.406 e. The molecule has 0 fully saturated rings. The van der Waals surface area contributed by atoms with Gasteiger partial charge >= 0.3 is 12.4 Å². The van der Waals surface area contributed by atoms with E-state index < -0.39 is 12.4 Å². The second-order valence-corrected chi connectivity index (χ2v) is 10.4. The molecule has 5 rings (SSSR count). The van der Waals surface area contributed by atoms with E-state index in [1.165, 1.54) is 52.8 Å². The van der Waals surface area contributed by atoms with Crippen molar-refractivity contribution in [2.45, 2.75) is 27.1 Å². The number of thiazole rings is 1. The third-order valence-corrected chi connectivity index (χ3v) is 7.42. The number of allylic oxidation sites excluding steroid dienone is 1. The van der Waals surface area contributed by atoms with Crippen molar-refractivity contribution in [3.8, 4) is 34.6 Å². The van der Waals surface area contributed by atoms with Crippen LogP contribution in [0.1, 0.15) is 22.4 Å². The zero-order chi connectivity index (χ0) is 31.4. The van der Waals surface area contributed by atoms with Crippen LogP contribution in [0.3, 0.4) is 0 Å². The highest BCUT2D eigenvalue weighted by atomic mass is 32.1. The maximum absolute atomic E-state index is 12.8. The molecule has 0 saturated heterocycles. The summed E-state index contributed by atoms with van der Waals surface area (Å²) in [5.41, 5.74) is 5.92. The summed E-state index contributed by atoms with van der Waals surface area (Å²) in [5, 5.41) is 18.6. The highest BCUT2D eigenvalue weighted by Gasteiger charge is 2.31. The number of nitrogens with zero attached hydrogens (tertiary/aromatic N) is 6. The van der Waals surface area contributed by atoms with Crippen LogP contribution in [-0.4, -0.2) is 31.7 Å². The maximum Gasteiger partial charge on any atom is 0.573 e. The van der Waals surface area contributed by atoms with Gasteiger partial charge in [0.2, 0.25) is 0 Å². The number of aryl methyl sites for hydroxylation is 3. The van der Waals surface area contributed by atoms with Gasteiger partial charge < -0.3 is 10.1 Å². The van der Waals surface area contributed by atoms with E-state index in [2.05, 4.69) is 31.2 Å². The number of benzene rings is 3. The lowest BCUT2D eigenvalue weighted by atomic mass is 10.1. The molecular formula is C31H24F3N7O2S. The molecule has 0 atom stereocenters. The maximum atomic E-state index is 12.8. The van der Waals surface area contributed by atoms with Crippen LogP contribution in [-0.2, 0) is 0 Å². The Balaban J connectivity index is 1.30. The van der Waals surface area contributed by atoms with Crippen LogP contribution < -0.4 is 14.9 Å². The van der Waals surface area contributed by atoms with Gasteiger partial charge in [0.15, 0.2) is 10.6 Å². The normalized spacial score (nSPS) is 12.2. The minimum atomic E-state index is -4.77. The first-order chi connectivity index (χ1) is 21.0. The van der Waals surface area contributed by atoms with Crippen LogP contribution in [0.25, 0.3) is 28.3 Å². The zero-order valence-electron chi connectivity index (χ0n) is 23.6. The molecule has 0 bridgehead atoms. The van der Waals surface area contributed by atoms with E-state index in [1.54, 1.807) is 24.3 Å². The zero-order valence-corrected chi connectivity index (χ0v) is 24.4.